The number of rotatable bonds is 8. The van der Waals surface area contributed by atoms with Gasteiger partial charge in [-0.3, -0.25) is 4.55 Å². The van der Waals surface area contributed by atoms with Gasteiger partial charge in [0.2, 0.25) is 0 Å². The number of aliphatic hydroxyl groups excluding tert-OH is 1. The molecule has 0 aliphatic carbocycles. The highest BCUT2D eigenvalue weighted by Gasteiger charge is 1.87. The van der Waals surface area contributed by atoms with Crippen LogP contribution < -0.4 is 0 Å². The molecular formula is C8H20O7S. The van der Waals surface area contributed by atoms with Crippen LogP contribution in [-0.4, -0.2) is 71.1 Å². The first-order chi connectivity index (χ1) is 7.41. The molecule has 0 amide bonds. The summed E-state index contributed by atoms with van der Waals surface area (Å²) in [5.41, 5.74) is 0. The minimum atomic E-state index is -3.67. The molecular weight excluding hydrogens is 240 g/mol. The van der Waals surface area contributed by atoms with E-state index in [1.165, 1.54) is 0 Å². The Balaban J connectivity index is 0. The summed E-state index contributed by atoms with van der Waals surface area (Å²) >= 11 is 0. The SMILES string of the molecule is COCCOCCOCCO.CS(=O)(=O)O. The predicted molar refractivity (Wildman–Crippen MR) is 58.1 cm³/mol. The summed E-state index contributed by atoms with van der Waals surface area (Å²) in [4.78, 5) is 0. The quantitative estimate of drug-likeness (QED) is 0.433. The van der Waals surface area contributed by atoms with Crippen molar-refractivity contribution in [2.24, 2.45) is 0 Å². The Morgan fingerprint density at radius 1 is 1.00 bits per heavy atom. The van der Waals surface area contributed by atoms with Gasteiger partial charge >= 0.3 is 0 Å². The van der Waals surface area contributed by atoms with Gasteiger partial charge in [0.05, 0.1) is 45.9 Å². The predicted octanol–water partition coefficient (Wildman–Crippen LogP) is -0.838. The Hall–Kier alpha value is -0.250. The number of ether oxygens (including phenoxy) is 3. The maximum absolute atomic E-state index is 9.19. The van der Waals surface area contributed by atoms with Crippen molar-refractivity contribution in [1.82, 2.24) is 0 Å². The van der Waals surface area contributed by atoms with Gasteiger partial charge in [0.25, 0.3) is 10.1 Å². The molecule has 0 spiro atoms. The zero-order chi connectivity index (χ0) is 12.9. The van der Waals surface area contributed by atoms with Crippen molar-refractivity contribution in [1.29, 1.82) is 0 Å². The van der Waals surface area contributed by atoms with Crippen molar-refractivity contribution in [2.75, 3.05) is 53.0 Å². The minimum Gasteiger partial charge on any atom is -0.394 e. The minimum absolute atomic E-state index is 0.0675. The molecule has 0 aromatic heterocycles. The van der Waals surface area contributed by atoms with Crippen LogP contribution in [0, 0.1) is 0 Å². The van der Waals surface area contributed by atoms with Gasteiger partial charge in [-0.15, -0.1) is 0 Å². The average molecular weight is 260 g/mol. The maximum atomic E-state index is 9.19. The number of hydrogen-bond donors (Lipinski definition) is 2. The van der Waals surface area contributed by atoms with E-state index >= 15 is 0 Å². The molecule has 0 aromatic rings. The highest BCUT2D eigenvalue weighted by molar-refractivity contribution is 7.85. The van der Waals surface area contributed by atoms with Crippen LogP contribution in [0.25, 0.3) is 0 Å². The van der Waals surface area contributed by atoms with Gasteiger partial charge in [-0.25, -0.2) is 0 Å². The molecule has 0 aromatic carbocycles. The highest BCUT2D eigenvalue weighted by Crippen LogP contribution is 1.78. The molecule has 0 saturated heterocycles. The van der Waals surface area contributed by atoms with Gasteiger partial charge in [0.1, 0.15) is 0 Å². The molecule has 0 atom stereocenters. The molecule has 100 valence electrons. The number of aliphatic hydroxyl groups is 1. The van der Waals surface area contributed by atoms with Crippen molar-refractivity contribution < 1.29 is 32.3 Å². The van der Waals surface area contributed by atoms with Gasteiger partial charge in [0, 0.05) is 7.11 Å². The third kappa shape index (κ3) is 37.2. The molecule has 0 fully saturated rings. The lowest BCUT2D eigenvalue weighted by Crippen LogP contribution is -2.09. The second kappa shape index (κ2) is 12.8. The number of hydrogen-bond acceptors (Lipinski definition) is 6. The summed E-state index contributed by atoms with van der Waals surface area (Å²) in [7, 11) is -2.04. The summed E-state index contributed by atoms with van der Waals surface area (Å²) in [5, 5.41) is 8.32. The van der Waals surface area contributed by atoms with Crippen LogP contribution in [0.2, 0.25) is 0 Å². The molecule has 0 saturated carbocycles. The van der Waals surface area contributed by atoms with Crippen molar-refractivity contribution >= 4 is 10.1 Å². The van der Waals surface area contributed by atoms with E-state index < -0.39 is 10.1 Å². The number of methoxy groups -OCH3 is 1. The smallest absolute Gasteiger partial charge is 0.261 e. The lowest BCUT2D eigenvalue weighted by molar-refractivity contribution is 0.0159. The fourth-order valence-corrected chi connectivity index (χ4v) is 0.529. The molecule has 0 aliphatic rings. The van der Waals surface area contributed by atoms with E-state index in [9.17, 15) is 8.42 Å². The van der Waals surface area contributed by atoms with Crippen molar-refractivity contribution in [2.45, 2.75) is 0 Å². The van der Waals surface area contributed by atoms with Crippen LogP contribution in [0.3, 0.4) is 0 Å². The second-order valence-corrected chi connectivity index (χ2v) is 4.14. The first kappa shape index (κ1) is 18.1. The van der Waals surface area contributed by atoms with E-state index in [-0.39, 0.29) is 6.61 Å². The van der Waals surface area contributed by atoms with Gasteiger partial charge < -0.3 is 19.3 Å². The molecule has 7 nitrogen and oxygen atoms in total. The first-order valence-corrected chi connectivity index (χ1v) is 6.44. The monoisotopic (exact) mass is 260 g/mol. The Labute approximate surface area is 96.1 Å². The Bertz CT molecular complexity index is 198. The van der Waals surface area contributed by atoms with Crippen LogP contribution in [-0.2, 0) is 24.3 Å². The largest absolute Gasteiger partial charge is 0.394 e. The van der Waals surface area contributed by atoms with E-state index in [2.05, 4.69) is 0 Å². The summed E-state index contributed by atoms with van der Waals surface area (Å²) in [5.74, 6) is 0. The van der Waals surface area contributed by atoms with E-state index in [0.29, 0.717) is 39.3 Å². The fourth-order valence-electron chi connectivity index (χ4n) is 0.529. The van der Waals surface area contributed by atoms with Crippen LogP contribution in [0.15, 0.2) is 0 Å². The summed E-state index contributed by atoms with van der Waals surface area (Å²) in [6, 6.07) is 0. The molecule has 16 heavy (non-hydrogen) atoms. The van der Waals surface area contributed by atoms with Crippen LogP contribution in [0.4, 0.5) is 0 Å². The van der Waals surface area contributed by atoms with Crippen LogP contribution in [0.1, 0.15) is 0 Å². The zero-order valence-corrected chi connectivity index (χ0v) is 10.4. The topological polar surface area (TPSA) is 102 Å². The first-order valence-electron chi connectivity index (χ1n) is 4.59. The normalized spacial score (nSPS) is 10.8. The van der Waals surface area contributed by atoms with E-state index in [0.717, 1.165) is 0 Å². The maximum Gasteiger partial charge on any atom is 0.261 e. The summed E-state index contributed by atoms with van der Waals surface area (Å²) in [6.45, 7) is 2.75. The molecule has 0 rings (SSSR count). The average Bonchev–Trinajstić information content (AvgIpc) is 2.14. The van der Waals surface area contributed by atoms with E-state index in [1.807, 2.05) is 0 Å². The molecule has 0 heterocycles. The summed E-state index contributed by atoms with van der Waals surface area (Å²) < 4.78 is 40.7. The zero-order valence-electron chi connectivity index (χ0n) is 9.59. The molecule has 0 radical (unpaired) electrons. The Kier molecular flexibility index (Phi) is 14.5. The van der Waals surface area contributed by atoms with Gasteiger partial charge in [-0.05, 0) is 0 Å². The van der Waals surface area contributed by atoms with E-state index in [1.54, 1.807) is 7.11 Å². The van der Waals surface area contributed by atoms with Crippen molar-refractivity contribution in [3.05, 3.63) is 0 Å². The van der Waals surface area contributed by atoms with Crippen LogP contribution >= 0.6 is 0 Å². The second-order valence-electron chi connectivity index (χ2n) is 2.67. The third-order valence-corrected chi connectivity index (χ3v) is 1.04. The molecule has 0 aliphatic heterocycles. The standard InChI is InChI=1S/C7H16O4.CH4O3S/c1-9-4-5-11-7-6-10-3-2-8;1-5(2,3)4/h8H,2-7H2,1H3;1H3,(H,2,3,4). The molecule has 0 unspecified atom stereocenters. The highest BCUT2D eigenvalue weighted by atomic mass is 32.2. The van der Waals surface area contributed by atoms with Gasteiger partial charge in [0.15, 0.2) is 0 Å². The van der Waals surface area contributed by atoms with E-state index in [4.69, 9.17) is 23.9 Å². The molecule has 8 heteroatoms. The van der Waals surface area contributed by atoms with Gasteiger partial charge in [-0.1, -0.05) is 0 Å². The van der Waals surface area contributed by atoms with Gasteiger partial charge in [-0.2, -0.15) is 8.42 Å². The lowest BCUT2D eigenvalue weighted by atomic mass is 10.7. The van der Waals surface area contributed by atoms with Crippen LogP contribution in [0.5, 0.6) is 0 Å². The van der Waals surface area contributed by atoms with Crippen molar-refractivity contribution in [3.8, 4) is 0 Å². The third-order valence-electron chi connectivity index (χ3n) is 1.04. The Morgan fingerprint density at radius 3 is 1.75 bits per heavy atom. The van der Waals surface area contributed by atoms with Crippen molar-refractivity contribution in [3.63, 3.8) is 0 Å². The fraction of sp³-hybridized carbons (Fsp3) is 1.00. The molecule has 0 bridgehead atoms. The Morgan fingerprint density at radius 2 is 1.38 bits per heavy atom. The lowest BCUT2D eigenvalue weighted by Gasteiger charge is -2.03. The summed E-state index contributed by atoms with van der Waals surface area (Å²) in [6.07, 6.45) is 0.715. The molecule has 2 N–H and O–H groups in total.